The first-order valence-electron chi connectivity index (χ1n) is 6.78. The summed E-state index contributed by atoms with van der Waals surface area (Å²) in [7, 11) is 0. The van der Waals surface area contributed by atoms with Gasteiger partial charge in [0, 0.05) is 44.0 Å². The van der Waals surface area contributed by atoms with E-state index in [-0.39, 0.29) is 6.54 Å². The summed E-state index contributed by atoms with van der Waals surface area (Å²) in [4.78, 5) is 20.7. The third kappa shape index (κ3) is 3.17. The number of fused-ring (bicyclic) bond motifs is 1. The van der Waals surface area contributed by atoms with Gasteiger partial charge in [-0.25, -0.2) is 4.98 Å². The fourth-order valence-corrected chi connectivity index (χ4v) is 3.33. The van der Waals surface area contributed by atoms with Crippen molar-refractivity contribution in [2.75, 3.05) is 32.7 Å². The largest absolute Gasteiger partial charge is 0.480 e. The highest BCUT2D eigenvalue weighted by molar-refractivity contribution is 7.15. The van der Waals surface area contributed by atoms with Gasteiger partial charge < -0.3 is 5.11 Å². The van der Waals surface area contributed by atoms with Gasteiger partial charge in [0.25, 0.3) is 0 Å². The summed E-state index contributed by atoms with van der Waals surface area (Å²) in [5.74, 6) is -0.743. The molecule has 7 heteroatoms. The van der Waals surface area contributed by atoms with Gasteiger partial charge in [-0.2, -0.15) is 0 Å². The summed E-state index contributed by atoms with van der Waals surface area (Å²) in [5, 5.41) is 10.9. The van der Waals surface area contributed by atoms with Gasteiger partial charge in [-0.3, -0.25) is 19.0 Å². The second-order valence-corrected chi connectivity index (χ2v) is 6.00. The molecular formula is C13H18N4O2S. The van der Waals surface area contributed by atoms with Crippen LogP contribution in [0.3, 0.4) is 0 Å². The number of carboxylic acid groups (broad SMARTS) is 1. The molecule has 108 valence electrons. The molecule has 0 atom stereocenters. The third-order valence-electron chi connectivity index (χ3n) is 3.57. The number of thiazole rings is 1. The van der Waals surface area contributed by atoms with Crippen molar-refractivity contribution in [3.05, 3.63) is 23.5 Å². The van der Waals surface area contributed by atoms with Crippen LogP contribution in [-0.4, -0.2) is 63.0 Å². The van der Waals surface area contributed by atoms with Gasteiger partial charge in [0.15, 0.2) is 4.96 Å². The number of imidazole rings is 1. The summed E-state index contributed by atoms with van der Waals surface area (Å²) in [6, 6.07) is 0. The molecule has 3 rings (SSSR count). The topological polar surface area (TPSA) is 61.1 Å². The summed E-state index contributed by atoms with van der Waals surface area (Å²) >= 11 is 1.64. The highest BCUT2D eigenvalue weighted by atomic mass is 32.1. The standard InChI is InChI=1S/C13H18N4O2S/c18-12(19)10-16-3-1-2-15(4-5-16)8-11-9-17-6-7-20-13(17)14-11/h6-7,9H,1-5,8,10H2,(H,18,19). The van der Waals surface area contributed by atoms with E-state index in [0.29, 0.717) is 0 Å². The van der Waals surface area contributed by atoms with Crippen LogP contribution in [0.15, 0.2) is 17.8 Å². The second kappa shape index (κ2) is 5.90. The molecule has 1 aliphatic rings. The van der Waals surface area contributed by atoms with Crippen LogP contribution >= 0.6 is 11.3 Å². The van der Waals surface area contributed by atoms with Crippen LogP contribution in [-0.2, 0) is 11.3 Å². The smallest absolute Gasteiger partial charge is 0.317 e. The third-order valence-corrected chi connectivity index (χ3v) is 4.34. The fraction of sp³-hybridized carbons (Fsp3) is 0.538. The molecular weight excluding hydrogens is 276 g/mol. The van der Waals surface area contributed by atoms with E-state index >= 15 is 0 Å². The average Bonchev–Trinajstić information content (AvgIpc) is 2.88. The van der Waals surface area contributed by atoms with Crippen molar-refractivity contribution in [1.82, 2.24) is 19.2 Å². The van der Waals surface area contributed by atoms with Crippen LogP contribution in [0.25, 0.3) is 4.96 Å². The molecule has 2 aromatic heterocycles. The van der Waals surface area contributed by atoms with E-state index in [1.807, 2.05) is 16.5 Å². The van der Waals surface area contributed by atoms with E-state index in [1.165, 1.54) is 0 Å². The minimum atomic E-state index is -0.743. The van der Waals surface area contributed by atoms with Gasteiger partial charge in [0.1, 0.15) is 0 Å². The van der Waals surface area contributed by atoms with Crippen LogP contribution < -0.4 is 0 Å². The highest BCUT2D eigenvalue weighted by Crippen LogP contribution is 2.14. The summed E-state index contributed by atoms with van der Waals surface area (Å²) in [6.45, 7) is 4.57. The molecule has 1 fully saturated rings. The van der Waals surface area contributed by atoms with Gasteiger partial charge in [-0.1, -0.05) is 0 Å². The molecule has 6 nitrogen and oxygen atoms in total. The van der Waals surface area contributed by atoms with E-state index < -0.39 is 5.97 Å². The van der Waals surface area contributed by atoms with Crippen molar-refractivity contribution in [2.24, 2.45) is 0 Å². The number of carbonyl (C=O) groups is 1. The van der Waals surface area contributed by atoms with E-state index in [1.54, 1.807) is 11.3 Å². The van der Waals surface area contributed by atoms with E-state index in [0.717, 1.165) is 49.8 Å². The highest BCUT2D eigenvalue weighted by Gasteiger charge is 2.17. The molecule has 0 saturated carbocycles. The molecule has 1 saturated heterocycles. The number of nitrogens with zero attached hydrogens (tertiary/aromatic N) is 4. The number of carboxylic acids is 1. The zero-order chi connectivity index (χ0) is 13.9. The minimum absolute atomic E-state index is 0.147. The Morgan fingerprint density at radius 1 is 1.30 bits per heavy atom. The maximum Gasteiger partial charge on any atom is 0.317 e. The van der Waals surface area contributed by atoms with Gasteiger partial charge in [-0.05, 0) is 13.0 Å². The van der Waals surface area contributed by atoms with Crippen LogP contribution in [0.1, 0.15) is 12.1 Å². The Morgan fingerprint density at radius 2 is 2.10 bits per heavy atom. The summed E-state index contributed by atoms with van der Waals surface area (Å²) in [5.41, 5.74) is 1.09. The van der Waals surface area contributed by atoms with E-state index in [9.17, 15) is 4.79 Å². The van der Waals surface area contributed by atoms with Crippen molar-refractivity contribution in [1.29, 1.82) is 0 Å². The molecule has 1 aliphatic heterocycles. The maximum absolute atomic E-state index is 10.8. The molecule has 2 aromatic rings. The van der Waals surface area contributed by atoms with Crippen LogP contribution in [0.4, 0.5) is 0 Å². The average molecular weight is 294 g/mol. The lowest BCUT2D eigenvalue weighted by Crippen LogP contribution is -2.34. The Morgan fingerprint density at radius 3 is 2.90 bits per heavy atom. The number of hydrogen-bond donors (Lipinski definition) is 1. The van der Waals surface area contributed by atoms with Crippen LogP contribution in [0.2, 0.25) is 0 Å². The number of hydrogen-bond acceptors (Lipinski definition) is 5. The molecule has 3 heterocycles. The first kappa shape index (κ1) is 13.5. The van der Waals surface area contributed by atoms with Gasteiger partial charge in [0.05, 0.1) is 12.2 Å². The zero-order valence-corrected chi connectivity index (χ0v) is 12.1. The summed E-state index contributed by atoms with van der Waals surface area (Å²) < 4.78 is 2.05. The summed E-state index contributed by atoms with van der Waals surface area (Å²) in [6.07, 6.45) is 5.11. The van der Waals surface area contributed by atoms with Crippen molar-refractivity contribution in [2.45, 2.75) is 13.0 Å². The Labute approximate surface area is 121 Å². The molecule has 1 N–H and O–H groups in total. The fourth-order valence-electron chi connectivity index (χ4n) is 2.61. The first-order chi connectivity index (χ1) is 9.70. The molecule has 0 amide bonds. The molecule has 0 unspecified atom stereocenters. The normalized spacial score (nSPS) is 18.4. The Kier molecular flexibility index (Phi) is 4.00. The van der Waals surface area contributed by atoms with Crippen molar-refractivity contribution in [3.63, 3.8) is 0 Å². The van der Waals surface area contributed by atoms with Crippen molar-refractivity contribution < 1.29 is 9.90 Å². The molecule has 0 bridgehead atoms. The number of aromatic nitrogens is 2. The van der Waals surface area contributed by atoms with Crippen LogP contribution in [0, 0.1) is 0 Å². The van der Waals surface area contributed by atoms with E-state index in [4.69, 9.17) is 5.11 Å². The zero-order valence-electron chi connectivity index (χ0n) is 11.2. The van der Waals surface area contributed by atoms with Crippen LogP contribution in [0.5, 0.6) is 0 Å². The molecule has 0 radical (unpaired) electrons. The van der Waals surface area contributed by atoms with Gasteiger partial charge >= 0.3 is 5.97 Å². The Hall–Kier alpha value is -1.44. The Balaban J connectivity index is 1.58. The first-order valence-corrected chi connectivity index (χ1v) is 7.66. The van der Waals surface area contributed by atoms with Crippen molar-refractivity contribution >= 4 is 22.3 Å². The monoisotopic (exact) mass is 294 g/mol. The second-order valence-electron chi connectivity index (χ2n) is 5.12. The van der Waals surface area contributed by atoms with Gasteiger partial charge in [0.2, 0.25) is 0 Å². The number of aliphatic carboxylic acids is 1. The van der Waals surface area contributed by atoms with E-state index in [2.05, 4.69) is 20.5 Å². The lowest BCUT2D eigenvalue weighted by Gasteiger charge is -2.19. The maximum atomic E-state index is 10.8. The lowest BCUT2D eigenvalue weighted by molar-refractivity contribution is -0.138. The predicted octanol–water partition coefficient (Wildman–Crippen LogP) is 0.988. The molecule has 20 heavy (non-hydrogen) atoms. The number of rotatable bonds is 4. The molecule has 0 aliphatic carbocycles. The lowest BCUT2D eigenvalue weighted by atomic mass is 10.3. The SMILES string of the molecule is O=C(O)CN1CCCN(Cc2cn3ccsc3n2)CC1. The quantitative estimate of drug-likeness (QED) is 0.911. The minimum Gasteiger partial charge on any atom is -0.480 e. The van der Waals surface area contributed by atoms with Crippen molar-refractivity contribution in [3.8, 4) is 0 Å². The molecule has 0 aromatic carbocycles. The van der Waals surface area contributed by atoms with Gasteiger partial charge in [-0.15, -0.1) is 11.3 Å². The molecule has 0 spiro atoms. The Bertz CT molecular complexity index is 565. The predicted molar refractivity (Wildman–Crippen MR) is 77.0 cm³/mol.